The van der Waals surface area contributed by atoms with Crippen LogP contribution in [0.3, 0.4) is 0 Å². The van der Waals surface area contributed by atoms with Gasteiger partial charge in [0.05, 0.1) is 11.0 Å². The highest BCUT2D eigenvalue weighted by molar-refractivity contribution is 8.05. The van der Waals surface area contributed by atoms with Gasteiger partial charge >= 0.3 is 0 Å². The van der Waals surface area contributed by atoms with Gasteiger partial charge in [0.1, 0.15) is 0 Å². The lowest BCUT2D eigenvalue weighted by molar-refractivity contribution is 0.661. The average molecular weight is 724 g/mol. The van der Waals surface area contributed by atoms with Crippen LogP contribution in [0.4, 0.5) is 0 Å². The van der Waals surface area contributed by atoms with Crippen LogP contribution in [0.15, 0.2) is 183 Å². The minimum absolute atomic E-state index is 0.0894. The van der Waals surface area contributed by atoms with E-state index in [4.69, 9.17) is 0 Å². The molecule has 1 aliphatic heterocycles. The fourth-order valence-electron chi connectivity index (χ4n) is 9.42. The van der Waals surface area contributed by atoms with Crippen LogP contribution in [0, 0.1) is 0 Å². The Morgan fingerprint density at radius 3 is 1.69 bits per heavy atom. The second kappa shape index (κ2) is 11.1. The molecule has 0 bridgehead atoms. The van der Waals surface area contributed by atoms with Gasteiger partial charge in [-0.25, -0.2) is 0 Å². The number of fused-ring (bicyclic) bond motifs is 14. The van der Waals surface area contributed by atoms with Crippen LogP contribution >= 0.6 is 23.5 Å². The van der Waals surface area contributed by atoms with Gasteiger partial charge in [0.2, 0.25) is 0 Å². The lowest BCUT2D eigenvalue weighted by Gasteiger charge is -2.21. The highest BCUT2D eigenvalue weighted by Gasteiger charge is 2.36. The number of hydrogen-bond donors (Lipinski definition) is 0. The maximum absolute atomic E-state index is 2.53. The highest BCUT2D eigenvalue weighted by Crippen LogP contribution is 2.54. The molecule has 2 heterocycles. The number of hydrogen-bond acceptors (Lipinski definition) is 2. The van der Waals surface area contributed by atoms with Gasteiger partial charge in [0.15, 0.2) is 0 Å². The van der Waals surface area contributed by atoms with Crippen LogP contribution in [0.5, 0.6) is 0 Å². The van der Waals surface area contributed by atoms with Gasteiger partial charge in [-0.2, -0.15) is 0 Å². The Balaban J connectivity index is 1.10. The van der Waals surface area contributed by atoms with Crippen molar-refractivity contribution in [2.75, 3.05) is 0 Å². The van der Waals surface area contributed by atoms with E-state index in [-0.39, 0.29) is 5.41 Å². The third-order valence-electron chi connectivity index (χ3n) is 12.0. The minimum atomic E-state index is -0.0894. The summed E-state index contributed by atoms with van der Waals surface area (Å²) in [6.07, 6.45) is 0. The first-order valence-corrected chi connectivity index (χ1v) is 20.3. The average Bonchev–Trinajstić information content (AvgIpc) is 3.65. The molecule has 2 aliphatic rings. The number of aromatic nitrogens is 1. The van der Waals surface area contributed by atoms with Crippen molar-refractivity contribution >= 4 is 77.6 Å². The lowest BCUT2D eigenvalue weighted by Crippen LogP contribution is -2.14. The normalized spacial score (nSPS) is 14.1. The molecule has 0 N–H and O–H groups in total. The van der Waals surface area contributed by atoms with Gasteiger partial charge in [-0.3, -0.25) is 0 Å². The molecule has 10 aromatic rings. The molecule has 0 spiro atoms. The van der Waals surface area contributed by atoms with E-state index >= 15 is 0 Å². The minimum Gasteiger partial charge on any atom is -0.309 e. The first-order chi connectivity index (χ1) is 26.5. The molecule has 54 heavy (non-hydrogen) atoms. The second-order valence-corrected chi connectivity index (χ2v) is 17.5. The first kappa shape index (κ1) is 30.7. The molecule has 0 fully saturated rings. The summed E-state index contributed by atoms with van der Waals surface area (Å²) < 4.78 is 2.53. The van der Waals surface area contributed by atoms with Crippen molar-refractivity contribution in [2.45, 2.75) is 38.8 Å². The summed E-state index contributed by atoms with van der Waals surface area (Å²) in [7, 11) is 0. The monoisotopic (exact) mass is 723 g/mol. The van der Waals surface area contributed by atoms with Crippen LogP contribution in [0.25, 0.3) is 82.1 Å². The van der Waals surface area contributed by atoms with Crippen molar-refractivity contribution in [3.8, 4) is 27.9 Å². The standard InChI is InChI=1S/C51H33NS2/c1-51(2)43-19-8-7-18-38(43)40-26-41-42-27-49-50(54-48-21-10-9-20-47(48)53-49)29-46(42)52(45(41)28-44(40)51)32-13-11-12-30(24-32)31-22-23-37-35-16-4-3-14-33(35)34-15-5-6-17-36(34)39(37)25-31/h3-29H,1-2H3. The fraction of sp³-hybridized carbons (Fsp3) is 0.0588. The van der Waals surface area contributed by atoms with Crippen LogP contribution < -0.4 is 0 Å². The van der Waals surface area contributed by atoms with Crippen molar-refractivity contribution in [3.05, 3.63) is 175 Å². The summed E-state index contributed by atoms with van der Waals surface area (Å²) >= 11 is 3.79. The highest BCUT2D eigenvalue weighted by atomic mass is 32.2. The third kappa shape index (κ3) is 4.25. The van der Waals surface area contributed by atoms with Gasteiger partial charge in [0, 0.05) is 41.5 Å². The van der Waals surface area contributed by atoms with Crippen LogP contribution in [0.1, 0.15) is 25.0 Å². The predicted molar refractivity (Wildman–Crippen MR) is 231 cm³/mol. The van der Waals surface area contributed by atoms with Crippen LogP contribution in [-0.4, -0.2) is 4.57 Å². The molecule has 9 aromatic carbocycles. The lowest BCUT2D eigenvalue weighted by atomic mass is 9.82. The Labute approximate surface area is 322 Å². The summed E-state index contributed by atoms with van der Waals surface area (Å²) in [5.41, 5.74) is 11.6. The topological polar surface area (TPSA) is 4.93 Å². The van der Waals surface area contributed by atoms with E-state index in [1.54, 1.807) is 0 Å². The van der Waals surface area contributed by atoms with Gasteiger partial charge in [-0.05, 0) is 120 Å². The zero-order chi connectivity index (χ0) is 35.7. The summed E-state index contributed by atoms with van der Waals surface area (Å²) in [6, 6.07) is 61.6. The SMILES string of the molecule is CC1(C)c2ccccc2-c2cc3c4cc5c(cc4n(-c4cccc(-c6ccc7c8ccccc8c8ccccc8c7c6)c4)c3cc21)Sc1ccccc1S5. The van der Waals surface area contributed by atoms with Gasteiger partial charge in [-0.15, -0.1) is 0 Å². The van der Waals surface area contributed by atoms with E-state index in [1.807, 2.05) is 23.5 Å². The quantitative estimate of drug-likeness (QED) is 0.164. The van der Waals surface area contributed by atoms with E-state index in [0.717, 1.165) is 0 Å². The predicted octanol–water partition coefficient (Wildman–Crippen LogP) is 14.8. The van der Waals surface area contributed by atoms with Crippen molar-refractivity contribution < 1.29 is 0 Å². The summed E-state index contributed by atoms with van der Waals surface area (Å²) in [6.45, 7) is 4.76. The molecular formula is C51H33NS2. The zero-order valence-electron chi connectivity index (χ0n) is 29.9. The Kier molecular flexibility index (Phi) is 6.33. The van der Waals surface area contributed by atoms with E-state index in [1.165, 1.54) is 113 Å². The van der Waals surface area contributed by atoms with E-state index < -0.39 is 0 Å². The molecule has 12 rings (SSSR count). The van der Waals surface area contributed by atoms with Crippen molar-refractivity contribution in [1.29, 1.82) is 0 Å². The van der Waals surface area contributed by atoms with Crippen LogP contribution in [-0.2, 0) is 5.41 Å². The maximum atomic E-state index is 2.53. The second-order valence-electron chi connectivity index (χ2n) is 15.3. The molecule has 0 saturated heterocycles. The Morgan fingerprint density at radius 2 is 0.944 bits per heavy atom. The van der Waals surface area contributed by atoms with E-state index in [0.29, 0.717) is 0 Å². The van der Waals surface area contributed by atoms with Crippen molar-refractivity contribution in [2.24, 2.45) is 0 Å². The smallest absolute Gasteiger partial charge is 0.0553 e. The number of nitrogens with zero attached hydrogens (tertiary/aromatic N) is 1. The Bertz CT molecular complexity index is 3220. The number of rotatable bonds is 2. The zero-order valence-corrected chi connectivity index (χ0v) is 31.5. The van der Waals surface area contributed by atoms with Crippen molar-refractivity contribution in [3.63, 3.8) is 0 Å². The molecule has 0 amide bonds. The largest absolute Gasteiger partial charge is 0.309 e. The van der Waals surface area contributed by atoms with Crippen molar-refractivity contribution in [1.82, 2.24) is 4.57 Å². The summed E-state index contributed by atoms with van der Waals surface area (Å²) in [5, 5.41) is 10.4. The fourth-order valence-corrected chi connectivity index (χ4v) is 11.7. The molecule has 0 radical (unpaired) electrons. The van der Waals surface area contributed by atoms with Gasteiger partial charge < -0.3 is 4.57 Å². The Hall–Kier alpha value is -5.74. The molecule has 1 aliphatic carbocycles. The summed E-state index contributed by atoms with van der Waals surface area (Å²) in [4.78, 5) is 5.31. The van der Waals surface area contributed by atoms with Crippen LogP contribution in [0.2, 0.25) is 0 Å². The molecule has 0 saturated carbocycles. The van der Waals surface area contributed by atoms with E-state index in [2.05, 4.69) is 182 Å². The molecule has 3 heteroatoms. The molecule has 1 nitrogen and oxygen atoms in total. The number of benzene rings is 9. The van der Waals surface area contributed by atoms with Gasteiger partial charge in [0.25, 0.3) is 0 Å². The first-order valence-electron chi connectivity index (χ1n) is 18.7. The van der Waals surface area contributed by atoms with E-state index in [9.17, 15) is 0 Å². The molecule has 254 valence electrons. The molecule has 1 aromatic heterocycles. The maximum Gasteiger partial charge on any atom is 0.0553 e. The third-order valence-corrected chi connectivity index (χ3v) is 14.5. The summed E-state index contributed by atoms with van der Waals surface area (Å²) in [5.74, 6) is 0. The van der Waals surface area contributed by atoms with Gasteiger partial charge in [-0.1, -0.05) is 147 Å². The Morgan fingerprint density at radius 1 is 0.370 bits per heavy atom. The molecular weight excluding hydrogens is 691 g/mol. The molecule has 0 atom stereocenters. The molecule has 0 unspecified atom stereocenters.